The van der Waals surface area contributed by atoms with Crippen molar-refractivity contribution in [3.63, 3.8) is 0 Å². The molecule has 5 rings (SSSR count). The molecule has 60 heavy (non-hydrogen) atoms. The van der Waals surface area contributed by atoms with Crippen LogP contribution in [0.1, 0.15) is 118 Å². The van der Waals surface area contributed by atoms with Gasteiger partial charge in [-0.05, 0) is 116 Å². The number of fused-ring (bicyclic) bond motifs is 1. The second-order valence-electron chi connectivity index (χ2n) is 18.4. The lowest BCUT2D eigenvalue weighted by Crippen LogP contribution is -2.60. The van der Waals surface area contributed by atoms with Crippen LogP contribution in [0.25, 0.3) is 22.0 Å². The zero-order valence-corrected chi connectivity index (χ0v) is 38.4. The Morgan fingerprint density at radius 3 is 2.25 bits per heavy atom. The highest BCUT2D eigenvalue weighted by Crippen LogP contribution is 2.44. The molecule has 2 saturated heterocycles. The molecule has 2 amide bonds. The lowest BCUT2D eigenvalue weighted by atomic mass is 9.91. The van der Waals surface area contributed by atoms with E-state index in [2.05, 4.69) is 87.3 Å². The summed E-state index contributed by atoms with van der Waals surface area (Å²) in [7, 11) is -2.45. The number of carbonyl (C=O) groups excluding carboxylic acids is 3. The number of alkyl carbamates (subject to hydrolysis) is 1. The number of rotatable bonds is 16. The van der Waals surface area contributed by atoms with Crippen LogP contribution in [0.15, 0.2) is 42.6 Å². The third-order valence-electron chi connectivity index (χ3n) is 11.9. The predicted octanol–water partition coefficient (Wildman–Crippen LogP) is 8.73. The minimum Gasteiger partial charge on any atom is -0.543 e. The number of carbonyl (C=O) groups is 4. The molecule has 3 heterocycles. The number of carboxylic acid groups (broad SMARTS) is 1. The Morgan fingerprint density at radius 2 is 1.63 bits per heavy atom. The minimum absolute atomic E-state index is 0.0977. The molecule has 2 fully saturated rings. The molecule has 2 aliphatic rings. The number of aliphatic carboxylic acids is 1. The smallest absolute Gasteiger partial charge is 0.408 e. The summed E-state index contributed by atoms with van der Waals surface area (Å²) in [5.74, 6) is -0.714. The normalized spacial score (nSPS) is 17.3. The first-order valence-corrected chi connectivity index (χ1v) is 23.9. The molecule has 3 aromatic rings. The van der Waals surface area contributed by atoms with Gasteiger partial charge in [0.1, 0.15) is 23.4 Å². The second kappa shape index (κ2) is 20.0. The molecule has 2 unspecified atom stereocenters. The summed E-state index contributed by atoms with van der Waals surface area (Å²) in [5.41, 5.74) is 7.95. The van der Waals surface area contributed by atoms with Gasteiger partial charge in [-0.3, -0.25) is 19.4 Å². The number of hydrogen-bond acceptors (Lipinski definition) is 9. The third-order valence-corrected chi connectivity index (χ3v) is 17.9. The van der Waals surface area contributed by atoms with Crippen LogP contribution in [0, 0.1) is 0 Å². The van der Waals surface area contributed by atoms with Gasteiger partial charge in [0, 0.05) is 56.7 Å². The van der Waals surface area contributed by atoms with Crippen molar-refractivity contribution in [2.45, 2.75) is 155 Å². The van der Waals surface area contributed by atoms with Gasteiger partial charge in [-0.25, -0.2) is 10.2 Å². The number of aryl methyl sites for hydroxylation is 1. The molecule has 1 aromatic heterocycles. The van der Waals surface area contributed by atoms with Gasteiger partial charge in [0.2, 0.25) is 0 Å². The van der Waals surface area contributed by atoms with Crippen molar-refractivity contribution in [1.29, 1.82) is 0 Å². The Morgan fingerprint density at radius 1 is 0.950 bits per heavy atom. The molecule has 3 N–H and O–H groups in total. The highest BCUT2D eigenvalue weighted by Gasteiger charge is 2.47. The molecule has 330 valence electrons. The molecule has 2 aliphatic heterocycles. The Bertz CT molecular complexity index is 1960. The molecule has 14 heteroatoms. The van der Waals surface area contributed by atoms with Crippen LogP contribution in [0.4, 0.5) is 4.79 Å². The third kappa shape index (κ3) is 11.5. The van der Waals surface area contributed by atoms with E-state index >= 15 is 0 Å². The summed E-state index contributed by atoms with van der Waals surface area (Å²) < 4.78 is 26.2. The van der Waals surface area contributed by atoms with Crippen molar-refractivity contribution >= 4 is 43.2 Å². The van der Waals surface area contributed by atoms with Crippen LogP contribution in [0.3, 0.4) is 0 Å². The molecule has 0 saturated carbocycles. The van der Waals surface area contributed by atoms with Crippen molar-refractivity contribution in [1.82, 2.24) is 20.3 Å². The van der Waals surface area contributed by atoms with E-state index in [4.69, 9.17) is 18.6 Å². The number of aromatic nitrogens is 1. The minimum atomic E-state index is -2.45. The summed E-state index contributed by atoms with van der Waals surface area (Å²) in [6, 6.07) is 10.7. The average Bonchev–Trinajstić information content (AvgIpc) is 3.54. The standard InChI is InChI=1S/C46H68N4O9Si/c1-29(2)60(30(3)4,31(5)6)59-37-24-33(25-41(47-45(55)58-46(8,9)10)43(52)50-19-11-13-40(48-50)44(53)54)23-36(26-37)35-14-15-38-39(34-16-21-56-22-17-34)28-49(42(38)27-35)18-12-20-57-32(7)51/h14-15,23-24,26-31,34,40-41,48H,11-13,16-22,25H2,1-10H3,(H,47,55)(H,53,54). The number of hydrazine groups is 1. The van der Waals surface area contributed by atoms with Gasteiger partial charge in [-0.15, -0.1) is 0 Å². The molecule has 0 spiro atoms. The van der Waals surface area contributed by atoms with E-state index in [0.717, 1.165) is 48.3 Å². The zero-order chi connectivity index (χ0) is 43.9. The highest BCUT2D eigenvalue weighted by atomic mass is 28.4. The van der Waals surface area contributed by atoms with Gasteiger partial charge < -0.3 is 33.6 Å². The number of amides is 2. The van der Waals surface area contributed by atoms with Gasteiger partial charge in [-0.2, -0.15) is 0 Å². The van der Waals surface area contributed by atoms with E-state index in [9.17, 15) is 24.3 Å². The van der Waals surface area contributed by atoms with Crippen LogP contribution in [0.5, 0.6) is 5.75 Å². The number of carboxylic acids is 1. The highest BCUT2D eigenvalue weighted by molar-refractivity contribution is 6.78. The van der Waals surface area contributed by atoms with Crippen LogP contribution < -0.4 is 15.2 Å². The van der Waals surface area contributed by atoms with Crippen LogP contribution in [-0.2, 0) is 41.6 Å². The molecule has 2 atom stereocenters. The lowest BCUT2D eigenvalue weighted by molar-refractivity contribution is -0.148. The Kier molecular flexibility index (Phi) is 15.5. The average molecular weight is 849 g/mol. The molecular weight excluding hydrogens is 781 g/mol. The van der Waals surface area contributed by atoms with Crippen molar-refractivity contribution in [3.05, 3.63) is 53.7 Å². The first-order chi connectivity index (χ1) is 28.3. The van der Waals surface area contributed by atoms with Crippen LogP contribution in [0.2, 0.25) is 16.6 Å². The summed E-state index contributed by atoms with van der Waals surface area (Å²) in [4.78, 5) is 51.1. The fourth-order valence-electron chi connectivity index (χ4n) is 9.23. The maximum absolute atomic E-state index is 14.3. The molecule has 0 bridgehead atoms. The number of esters is 1. The maximum Gasteiger partial charge on any atom is 0.408 e. The van der Waals surface area contributed by atoms with E-state index in [0.29, 0.717) is 67.2 Å². The fraction of sp³-hybridized carbons (Fsp3) is 0.609. The van der Waals surface area contributed by atoms with Gasteiger partial charge in [0.15, 0.2) is 0 Å². The predicted molar refractivity (Wildman–Crippen MR) is 235 cm³/mol. The quantitative estimate of drug-likeness (QED) is 0.0724. The van der Waals surface area contributed by atoms with Crippen LogP contribution >= 0.6 is 0 Å². The Labute approximate surface area is 356 Å². The van der Waals surface area contributed by atoms with E-state index < -0.39 is 44.0 Å². The van der Waals surface area contributed by atoms with E-state index in [1.165, 1.54) is 22.9 Å². The number of nitrogens with one attached hydrogen (secondary N) is 2. The van der Waals surface area contributed by atoms with Crippen molar-refractivity contribution in [2.24, 2.45) is 0 Å². The van der Waals surface area contributed by atoms with E-state index in [1.54, 1.807) is 20.8 Å². The summed E-state index contributed by atoms with van der Waals surface area (Å²) in [6.07, 6.45) is 5.05. The van der Waals surface area contributed by atoms with Gasteiger partial charge in [0.05, 0.1) is 6.61 Å². The van der Waals surface area contributed by atoms with Crippen molar-refractivity contribution in [2.75, 3.05) is 26.4 Å². The number of ether oxygens (including phenoxy) is 3. The first-order valence-electron chi connectivity index (χ1n) is 21.8. The molecule has 13 nitrogen and oxygen atoms in total. The first kappa shape index (κ1) is 46.7. The monoisotopic (exact) mass is 848 g/mol. The summed E-state index contributed by atoms with van der Waals surface area (Å²) in [5, 5.41) is 15.1. The number of nitrogens with zero attached hydrogens (tertiary/aromatic N) is 2. The van der Waals surface area contributed by atoms with Gasteiger partial charge in [-0.1, -0.05) is 59.7 Å². The molecular formula is C46H68N4O9Si. The van der Waals surface area contributed by atoms with Gasteiger partial charge in [0.25, 0.3) is 14.2 Å². The molecule has 0 radical (unpaired) electrons. The van der Waals surface area contributed by atoms with Crippen molar-refractivity contribution < 1.29 is 42.9 Å². The maximum atomic E-state index is 14.3. The van der Waals surface area contributed by atoms with E-state index in [-0.39, 0.29) is 12.4 Å². The zero-order valence-electron chi connectivity index (χ0n) is 37.4. The Balaban J connectivity index is 1.62. The Hall–Kier alpha value is -4.40. The number of benzene rings is 2. The molecule has 0 aliphatic carbocycles. The second-order valence-corrected chi connectivity index (χ2v) is 23.8. The lowest BCUT2D eigenvalue weighted by Gasteiger charge is -2.42. The van der Waals surface area contributed by atoms with Crippen LogP contribution in [-0.4, -0.2) is 91.0 Å². The van der Waals surface area contributed by atoms with Gasteiger partial charge >= 0.3 is 18.0 Å². The number of hydrogen-bond donors (Lipinski definition) is 3. The SMILES string of the molecule is CC(=O)OCCCn1cc(C2CCOCC2)c2ccc(-c3cc(CC(NC(=O)OC(C)(C)C)C(=O)N4CCCC(C(=O)O)N4)cc(O[Si](C(C)C)(C(C)C)C(C)C)c3)cc21. The van der Waals surface area contributed by atoms with Crippen molar-refractivity contribution in [3.8, 4) is 16.9 Å². The topological polar surface area (TPSA) is 158 Å². The fourth-order valence-corrected chi connectivity index (χ4v) is 14.5. The largest absolute Gasteiger partial charge is 0.543 e. The summed E-state index contributed by atoms with van der Waals surface area (Å²) in [6.45, 7) is 22.9. The summed E-state index contributed by atoms with van der Waals surface area (Å²) >= 11 is 0. The van der Waals surface area contributed by atoms with E-state index in [1.807, 2.05) is 12.1 Å². The molecule has 2 aromatic carbocycles.